The number of carbonyl (C=O) groups excluding carboxylic acids is 1. The minimum absolute atomic E-state index is 0.0834. The first-order valence-electron chi connectivity index (χ1n) is 6.46. The standard InChI is InChI=1S/C14H15BrClNO3/c15-12-7-9(16)4-5-11(12)13(18)17-10-3-1-2-8(6-10)14(19)20/h4-5,7-8,10H,1-3,6H2,(H,17,18)(H,19,20). The van der Waals surface area contributed by atoms with E-state index in [2.05, 4.69) is 21.2 Å². The molecule has 0 aromatic heterocycles. The summed E-state index contributed by atoms with van der Waals surface area (Å²) >= 11 is 9.15. The fourth-order valence-electron chi connectivity index (χ4n) is 2.48. The summed E-state index contributed by atoms with van der Waals surface area (Å²) in [4.78, 5) is 23.2. The molecule has 0 spiro atoms. The summed E-state index contributed by atoms with van der Waals surface area (Å²) < 4.78 is 0.632. The molecule has 1 aromatic rings. The van der Waals surface area contributed by atoms with E-state index in [4.69, 9.17) is 16.7 Å². The molecule has 0 bridgehead atoms. The summed E-state index contributed by atoms with van der Waals surface area (Å²) in [7, 11) is 0. The number of benzene rings is 1. The minimum atomic E-state index is -0.781. The number of aliphatic carboxylic acids is 1. The molecule has 1 aliphatic carbocycles. The highest BCUT2D eigenvalue weighted by molar-refractivity contribution is 9.10. The summed E-state index contributed by atoms with van der Waals surface area (Å²) in [6.45, 7) is 0. The Morgan fingerprint density at radius 2 is 2.10 bits per heavy atom. The van der Waals surface area contributed by atoms with Crippen molar-refractivity contribution in [3.05, 3.63) is 33.3 Å². The molecule has 20 heavy (non-hydrogen) atoms. The fraction of sp³-hybridized carbons (Fsp3) is 0.429. The third kappa shape index (κ3) is 3.73. The minimum Gasteiger partial charge on any atom is -0.481 e. The van der Waals surface area contributed by atoms with E-state index < -0.39 is 5.97 Å². The molecule has 1 aliphatic rings. The molecule has 2 unspecified atom stereocenters. The largest absolute Gasteiger partial charge is 0.481 e. The highest BCUT2D eigenvalue weighted by Gasteiger charge is 2.28. The summed E-state index contributed by atoms with van der Waals surface area (Å²) in [6.07, 6.45) is 2.82. The zero-order valence-corrected chi connectivity index (χ0v) is 13.1. The van der Waals surface area contributed by atoms with Crippen molar-refractivity contribution in [3.63, 3.8) is 0 Å². The van der Waals surface area contributed by atoms with E-state index in [1.165, 1.54) is 0 Å². The molecular formula is C14H15BrClNO3. The van der Waals surface area contributed by atoms with Gasteiger partial charge in [-0.15, -0.1) is 0 Å². The molecule has 0 heterocycles. The molecule has 2 atom stereocenters. The number of halogens is 2. The van der Waals surface area contributed by atoms with Gasteiger partial charge in [0, 0.05) is 15.5 Å². The molecule has 1 amide bonds. The van der Waals surface area contributed by atoms with E-state index in [1.807, 2.05) is 0 Å². The van der Waals surface area contributed by atoms with E-state index in [0.29, 0.717) is 27.9 Å². The van der Waals surface area contributed by atoms with Crippen molar-refractivity contribution >= 4 is 39.4 Å². The summed E-state index contributed by atoms with van der Waals surface area (Å²) in [5, 5.41) is 12.5. The quantitative estimate of drug-likeness (QED) is 0.867. The molecule has 0 radical (unpaired) electrons. The highest BCUT2D eigenvalue weighted by Crippen LogP contribution is 2.26. The Balaban J connectivity index is 2.02. The van der Waals surface area contributed by atoms with E-state index in [0.717, 1.165) is 12.8 Å². The Bertz CT molecular complexity index is 535. The SMILES string of the molecule is O=C(NC1CCCC(C(=O)O)C1)c1ccc(Cl)cc1Br. The van der Waals surface area contributed by atoms with Crippen LogP contribution in [0.1, 0.15) is 36.0 Å². The van der Waals surface area contributed by atoms with Crippen molar-refractivity contribution in [3.8, 4) is 0 Å². The van der Waals surface area contributed by atoms with E-state index >= 15 is 0 Å². The van der Waals surface area contributed by atoms with Crippen molar-refractivity contribution in [2.45, 2.75) is 31.7 Å². The van der Waals surface area contributed by atoms with Gasteiger partial charge >= 0.3 is 5.97 Å². The van der Waals surface area contributed by atoms with Crippen molar-refractivity contribution < 1.29 is 14.7 Å². The highest BCUT2D eigenvalue weighted by atomic mass is 79.9. The van der Waals surface area contributed by atoms with E-state index in [9.17, 15) is 9.59 Å². The first kappa shape index (κ1) is 15.3. The second kappa shape index (κ2) is 6.59. The second-order valence-electron chi connectivity index (χ2n) is 5.00. The lowest BCUT2D eigenvalue weighted by atomic mass is 9.85. The van der Waals surface area contributed by atoms with Crippen molar-refractivity contribution in [2.75, 3.05) is 0 Å². The first-order chi connectivity index (χ1) is 9.47. The van der Waals surface area contributed by atoms with Gasteiger partial charge in [-0.2, -0.15) is 0 Å². The predicted octanol–water partition coefficient (Wildman–Crippen LogP) is 3.48. The Morgan fingerprint density at radius 1 is 1.35 bits per heavy atom. The normalized spacial score (nSPS) is 22.3. The van der Waals surface area contributed by atoms with Gasteiger partial charge in [-0.25, -0.2) is 0 Å². The maximum absolute atomic E-state index is 12.2. The monoisotopic (exact) mass is 359 g/mol. The Kier molecular flexibility index (Phi) is 5.05. The van der Waals surface area contributed by atoms with Gasteiger partial charge in [0.15, 0.2) is 0 Å². The molecule has 1 saturated carbocycles. The molecule has 1 fully saturated rings. The smallest absolute Gasteiger partial charge is 0.306 e. The summed E-state index contributed by atoms with van der Waals surface area (Å²) in [5.41, 5.74) is 0.506. The van der Waals surface area contributed by atoms with Crippen molar-refractivity contribution in [1.82, 2.24) is 5.32 Å². The van der Waals surface area contributed by atoms with Crippen LogP contribution in [0.25, 0.3) is 0 Å². The molecule has 6 heteroatoms. The molecular weight excluding hydrogens is 346 g/mol. The zero-order valence-electron chi connectivity index (χ0n) is 10.7. The number of hydrogen-bond donors (Lipinski definition) is 2. The van der Waals surface area contributed by atoms with Crippen LogP contribution in [0.15, 0.2) is 22.7 Å². The summed E-state index contributed by atoms with van der Waals surface area (Å²) in [6, 6.07) is 4.89. The average molecular weight is 361 g/mol. The third-order valence-electron chi connectivity index (χ3n) is 3.53. The number of carbonyl (C=O) groups is 2. The maximum atomic E-state index is 12.2. The lowest BCUT2D eigenvalue weighted by Crippen LogP contribution is -2.40. The van der Waals surface area contributed by atoms with Crippen LogP contribution in [0.2, 0.25) is 5.02 Å². The molecule has 2 rings (SSSR count). The van der Waals surface area contributed by atoms with E-state index in [-0.39, 0.29) is 17.9 Å². The number of rotatable bonds is 3. The van der Waals surface area contributed by atoms with Gasteiger partial charge < -0.3 is 10.4 Å². The van der Waals surface area contributed by atoms with Gasteiger partial charge in [0.2, 0.25) is 0 Å². The Morgan fingerprint density at radius 3 is 2.75 bits per heavy atom. The number of nitrogens with one attached hydrogen (secondary N) is 1. The molecule has 4 nitrogen and oxygen atoms in total. The molecule has 2 N–H and O–H groups in total. The van der Waals surface area contributed by atoms with Crippen LogP contribution in [0, 0.1) is 5.92 Å². The van der Waals surface area contributed by atoms with Gasteiger partial charge in [-0.3, -0.25) is 9.59 Å². The maximum Gasteiger partial charge on any atom is 0.306 e. The van der Waals surface area contributed by atoms with Crippen LogP contribution in [-0.4, -0.2) is 23.0 Å². The van der Waals surface area contributed by atoms with Crippen molar-refractivity contribution in [2.24, 2.45) is 5.92 Å². The van der Waals surface area contributed by atoms with Crippen molar-refractivity contribution in [1.29, 1.82) is 0 Å². The van der Waals surface area contributed by atoms with Gasteiger partial charge in [0.1, 0.15) is 0 Å². The lowest BCUT2D eigenvalue weighted by Gasteiger charge is -2.27. The predicted molar refractivity (Wildman–Crippen MR) is 80.0 cm³/mol. The van der Waals surface area contributed by atoms with Crippen LogP contribution in [0.3, 0.4) is 0 Å². The molecule has 1 aromatic carbocycles. The van der Waals surface area contributed by atoms with Crippen LogP contribution in [-0.2, 0) is 4.79 Å². The van der Waals surface area contributed by atoms with Crippen LogP contribution in [0.5, 0.6) is 0 Å². The van der Waals surface area contributed by atoms with Gasteiger partial charge in [-0.1, -0.05) is 18.0 Å². The van der Waals surface area contributed by atoms with E-state index in [1.54, 1.807) is 18.2 Å². The molecule has 108 valence electrons. The number of amides is 1. The zero-order chi connectivity index (χ0) is 14.7. The van der Waals surface area contributed by atoms with Crippen LogP contribution < -0.4 is 5.32 Å². The van der Waals surface area contributed by atoms with Crippen LogP contribution in [0.4, 0.5) is 0 Å². The number of hydrogen-bond acceptors (Lipinski definition) is 2. The van der Waals surface area contributed by atoms with Gasteiger partial charge in [-0.05, 0) is 53.4 Å². The lowest BCUT2D eigenvalue weighted by molar-refractivity contribution is -0.143. The Labute approximate surface area is 130 Å². The third-order valence-corrected chi connectivity index (χ3v) is 4.43. The van der Waals surface area contributed by atoms with Gasteiger partial charge in [0.05, 0.1) is 11.5 Å². The second-order valence-corrected chi connectivity index (χ2v) is 6.29. The fourth-order valence-corrected chi connectivity index (χ4v) is 3.34. The Hall–Kier alpha value is -1.07. The first-order valence-corrected chi connectivity index (χ1v) is 7.63. The summed E-state index contributed by atoms with van der Waals surface area (Å²) in [5.74, 6) is -1.34. The average Bonchev–Trinajstić information content (AvgIpc) is 2.38. The number of carboxylic acid groups (broad SMARTS) is 1. The van der Waals surface area contributed by atoms with Gasteiger partial charge in [0.25, 0.3) is 5.91 Å². The topological polar surface area (TPSA) is 66.4 Å². The molecule has 0 saturated heterocycles. The molecule has 0 aliphatic heterocycles. The van der Waals surface area contributed by atoms with Crippen LogP contribution >= 0.6 is 27.5 Å². The number of carboxylic acids is 1.